The molecule has 3 aromatic rings. The molecule has 0 spiro atoms. The largest absolute Gasteiger partial charge is 0.480 e. The number of alkyl halides is 3. The Hall–Kier alpha value is -3.70. The van der Waals surface area contributed by atoms with Gasteiger partial charge in [-0.25, -0.2) is 9.37 Å². The van der Waals surface area contributed by atoms with Crippen molar-refractivity contribution < 1.29 is 32.2 Å². The van der Waals surface area contributed by atoms with E-state index in [9.17, 15) is 22.4 Å². The topological polar surface area (TPSA) is 124 Å². The van der Waals surface area contributed by atoms with Crippen LogP contribution in [0.5, 0.6) is 5.88 Å². The van der Waals surface area contributed by atoms with Crippen LogP contribution in [-0.2, 0) is 4.79 Å². The lowest BCUT2D eigenvalue weighted by Gasteiger charge is -2.25. The highest BCUT2D eigenvalue weighted by Crippen LogP contribution is 2.42. The molecule has 3 atom stereocenters. The zero-order valence-corrected chi connectivity index (χ0v) is 21.2. The van der Waals surface area contributed by atoms with Gasteiger partial charge in [0.25, 0.3) is 0 Å². The number of ether oxygens (including phenoxy) is 1. The molecule has 0 fully saturated rings. The molecule has 0 aliphatic heterocycles. The number of allylic oxidation sites excluding steroid dienone is 2. The van der Waals surface area contributed by atoms with Crippen molar-refractivity contribution in [3.63, 3.8) is 0 Å². The van der Waals surface area contributed by atoms with Gasteiger partial charge in [0.05, 0.1) is 5.69 Å². The first-order valence-corrected chi connectivity index (χ1v) is 12.4. The number of hydrogen-bond donors (Lipinski definition) is 3. The zero-order valence-electron chi connectivity index (χ0n) is 20.5. The van der Waals surface area contributed by atoms with E-state index >= 15 is 0 Å². The van der Waals surface area contributed by atoms with E-state index in [-0.39, 0.29) is 33.9 Å². The van der Waals surface area contributed by atoms with E-state index in [4.69, 9.17) is 32.9 Å². The minimum Gasteiger partial charge on any atom is -0.480 e. The SMILES string of the molecule is Nc1nc(OC(c2ccc(Cl)cc2-c2ccc(F)cc2)C(F)(F)F)cc(C2=CCC(CC(N)C(=O)O)CC2)n1. The maximum absolute atomic E-state index is 14.4. The second-order valence-corrected chi connectivity index (χ2v) is 9.71. The van der Waals surface area contributed by atoms with Gasteiger partial charge in [-0.3, -0.25) is 4.79 Å². The summed E-state index contributed by atoms with van der Waals surface area (Å²) >= 11 is 6.08. The molecule has 7 nitrogen and oxygen atoms in total. The first-order chi connectivity index (χ1) is 18.4. The molecule has 0 saturated heterocycles. The van der Waals surface area contributed by atoms with Gasteiger partial charge in [-0.2, -0.15) is 18.2 Å². The van der Waals surface area contributed by atoms with E-state index in [1.807, 2.05) is 6.08 Å². The molecule has 4 rings (SSSR count). The van der Waals surface area contributed by atoms with Gasteiger partial charge in [0.1, 0.15) is 11.9 Å². The van der Waals surface area contributed by atoms with Gasteiger partial charge in [-0.1, -0.05) is 35.9 Å². The number of carbonyl (C=O) groups is 1. The Morgan fingerprint density at radius 1 is 1.15 bits per heavy atom. The summed E-state index contributed by atoms with van der Waals surface area (Å²) < 4.78 is 62.0. The third-order valence-corrected chi connectivity index (χ3v) is 6.70. The van der Waals surface area contributed by atoms with Gasteiger partial charge in [-0.05, 0) is 72.6 Å². The van der Waals surface area contributed by atoms with E-state index in [0.29, 0.717) is 36.9 Å². The number of nitrogen functional groups attached to an aromatic ring is 1. The number of nitrogens with two attached hydrogens (primary N) is 2. The van der Waals surface area contributed by atoms with Crippen LogP contribution in [0.1, 0.15) is 43.0 Å². The minimum atomic E-state index is -4.86. The van der Waals surface area contributed by atoms with Crippen molar-refractivity contribution >= 4 is 29.1 Å². The highest BCUT2D eigenvalue weighted by molar-refractivity contribution is 6.30. The summed E-state index contributed by atoms with van der Waals surface area (Å²) in [5.41, 5.74) is 12.7. The number of aliphatic carboxylic acids is 1. The van der Waals surface area contributed by atoms with Crippen molar-refractivity contribution in [1.82, 2.24) is 9.97 Å². The lowest BCUT2D eigenvalue weighted by molar-refractivity contribution is -0.198. The Kier molecular flexibility index (Phi) is 8.41. The summed E-state index contributed by atoms with van der Waals surface area (Å²) in [6.45, 7) is 0. The first kappa shape index (κ1) is 28.3. The molecule has 0 amide bonds. The molecule has 1 aromatic heterocycles. The van der Waals surface area contributed by atoms with Crippen LogP contribution in [0.15, 0.2) is 54.6 Å². The van der Waals surface area contributed by atoms with E-state index in [0.717, 1.165) is 17.7 Å². The summed E-state index contributed by atoms with van der Waals surface area (Å²) in [6, 6.07) is 9.17. The van der Waals surface area contributed by atoms with Crippen LogP contribution in [0.4, 0.5) is 23.5 Å². The van der Waals surface area contributed by atoms with Crippen LogP contribution in [0.25, 0.3) is 16.7 Å². The Morgan fingerprint density at radius 2 is 1.87 bits per heavy atom. The van der Waals surface area contributed by atoms with Crippen LogP contribution >= 0.6 is 11.6 Å². The van der Waals surface area contributed by atoms with Crippen LogP contribution in [0, 0.1) is 11.7 Å². The summed E-state index contributed by atoms with van der Waals surface area (Å²) in [4.78, 5) is 19.1. The van der Waals surface area contributed by atoms with Crippen molar-refractivity contribution in [2.45, 2.75) is 44.0 Å². The van der Waals surface area contributed by atoms with Gasteiger partial charge < -0.3 is 21.3 Å². The number of benzene rings is 2. The van der Waals surface area contributed by atoms with E-state index in [1.54, 1.807) is 0 Å². The standard InChI is InChI=1S/C27H25ClF4N4O3/c28-17-7-10-19(20(12-17)15-5-8-18(29)9-6-15)24(27(30,31)32)39-23-13-22(35-26(34)36-23)16-3-1-14(2-4-16)11-21(33)25(37)38/h3,5-10,12-14,21,24H,1-2,4,11,33H2,(H,37,38)(H2,34,35,36). The van der Waals surface area contributed by atoms with Gasteiger partial charge in [-0.15, -0.1) is 0 Å². The molecule has 0 radical (unpaired) electrons. The number of aromatic nitrogens is 2. The maximum Gasteiger partial charge on any atom is 0.429 e. The molecule has 206 valence electrons. The predicted molar refractivity (Wildman–Crippen MR) is 138 cm³/mol. The number of hydrogen-bond acceptors (Lipinski definition) is 6. The van der Waals surface area contributed by atoms with Crippen molar-refractivity contribution in [3.8, 4) is 17.0 Å². The summed E-state index contributed by atoms with van der Waals surface area (Å²) in [6.07, 6.45) is -3.48. The Balaban J connectivity index is 1.64. The Bertz CT molecular complexity index is 1380. The fourth-order valence-electron chi connectivity index (χ4n) is 4.53. The van der Waals surface area contributed by atoms with Crippen molar-refractivity contribution in [2.24, 2.45) is 11.7 Å². The smallest absolute Gasteiger partial charge is 0.429 e. The molecule has 1 heterocycles. The zero-order chi connectivity index (χ0) is 28.3. The monoisotopic (exact) mass is 564 g/mol. The number of carboxylic acid groups (broad SMARTS) is 1. The number of rotatable bonds is 8. The quantitative estimate of drug-likeness (QED) is 0.279. The summed E-state index contributed by atoms with van der Waals surface area (Å²) in [7, 11) is 0. The molecule has 0 saturated carbocycles. The number of carboxylic acids is 1. The molecular formula is C27H25ClF4N4O3. The second kappa shape index (κ2) is 11.6. The summed E-state index contributed by atoms with van der Waals surface area (Å²) in [5, 5.41) is 9.23. The fraction of sp³-hybridized carbons (Fsp3) is 0.296. The van der Waals surface area contributed by atoms with Gasteiger partial charge in [0, 0.05) is 16.7 Å². The van der Waals surface area contributed by atoms with Crippen molar-refractivity contribution in [1.29, 1.82) is 0 Å². The Morgan fingerprint density at radius 3 is 2.49 bits per heavy atom. The van der Waals surface area contributed by atoms with Crippen LogP contribution < -0.4 is 16.2 Å². The Labute approximate surface area is 226 Å². The molecule has 1 aliphatic rings. The highest BCUT2D eigenvalue weighted by Gasteiger charge is 2.44. The first-order valence-electron chi connectivity index (χ1n) is 12.0. The molecule has 12 heteroatoms. The molecule has 2 aromatic carbocycles. The second-order valence-electron chi connectivity index (χ2n) is 9.28. The van der Waals surface area contributed by atoms with Crippen molar-refractivity contribution in [2.75, 3.05) is 5.73 Å². The van der Waals surface area contributed by atoms with Crippen LogP contribution in [0.2, 0.25) is 5.02 Å². The molecule has 5 N–H and O–H groups in total. The van der Waals surface area contributed by atoms with E-state index in [1.165, 1.54) is 36.4 Å². The minimum absolute atomic E-state index is 0.0548. The average molecular weight is 565 g/mol. The molecule has 0 bridgehead atoms. The average Bonchev–Trinajstić information content (AvgIpc) is 2.87. The van der Waals surface area contributed by atoms with E-state index < -0.39 is 30.1 Å². The molecule has 3 unspecified atom stereocenters. The predicted octanol–water partition coefficient (Wildman–Crippen LogP) is 6.19. The third-order valence-electron chi connectivity index (χ3n) is 6.46. The number of halogens is 5. The van der Waals surface area contributed by atoms with E-state index in [2.05, 4.69) is 9.97 Å². The maximum atomic E-state index is 14.4. The van der Waals surface area contributed by atoms with Gasteiger partial charge >= 0.3 is 12.1 Å². The highest BCUT2D eigenvalue weighted by atomic mass is 35.5. The normalized spacial score (nSPS) is 17.3. The van der Waals surface area contributed by atoms with Gasteiger partial charge in [0.15, 0.2) is 0 Å². The molecular weight excluding hydrogens is 540 g/mol. The molecule has 39 heavy (non-hydrogen) atoms. The lowest BCUT2D eigenvalue weighted by Crippen LogP contribution is -2.32. The van der Waals surface area contributed by atoms with Gasteiger partial charge in [0.2, 0.25) is 17.9 Å². The summed E-state index contributed by atoms with van der Waals surface area (Å²) in [5.74, 6) is -2.20. The van der Waals surface area contributed by atoms with Crippen LogP contribution in [0.3, 0.4) is 0 Å². The molecule has 1 aliphatic carbocycles. The fourth-order valence-corrected chi connectivity index (χ4v) is 4.70. The number of nitrogens with zero attached hydrogens (tertiary/aromatic N) is 2. The third kappa shape index (κ3) is 7.04. The number of anilines is 1. The van der Waals surface area contributed by atoms with Crippen molar-refractivity contribution in [3.05, 3.63) is 76.7 Å². The lowest BCUT2D eigenvalue weighted by atomic mass is 9.84. The van der Waals surface area contributed by atoms with Crippen LogP contribution in [-0.4, -0.2) is 33.3 Å².